The average Bonchev–Trinajstić information content (AvgIpc) is 2.69. The van der Waals surface area contributed by atoms with Crippen LogP contribution in [-0.4, -0.2) is 44.9 Å². The first-order valence-corrected chi connectivity index (χ1v) is 10.3. The fraction of sp³-hybridized carbons (Fsp3) is 0.476. The van der Waals surface area contributed by atoms with Crippen molar-refractivity contribution >= 4 is 18.4 Å². The minimum atomic E-state index is -0.388. The second-order valence-electron chi connectivity index (χ2n) is 7.27. The van der Waals surface area contributed by atoms with Crippen molar-refractivity contribution in [3.63, 3.8) is 0 Å². The van der Waals surface area contributed by atoms with Crippen molar-refractivity contribution in [2.75, 3.05) is 13.1 Å². The van der Waals surface area contributed by atoms with E-state index in [4.69, 9.17) is 12.2 Å². The largest absolute Gasteiger partial charge is 0.494 e. The van der Waals surface area contributed by atoms with Crippen LogP contribution in [0.15, 0.2) is 40.1 Å². The fourth-order valence-electron chi connectivity index (χ4n) is 3.46. The maximum Gasteiger partial charge on any atom is 0.264 e. The topological polar surface area (TPSA) is 73.6 Å². The highest BCUT2D eigenvalue weighted by molar-refractivity contribution is 7.71. The molecule has 150 valence electrons. The van der Waals surface area contributed by atoms with Crippen LogP contribution >= 0.6 is 12.2 Å². The van der Waals surface area contributed by atoms with Gasteiger partial charge in [0.25, 0.3) is 5.56 Å². The molecule has 0 saturated carbocycles. The van der Waals surface area contributed by atoms with Gasteiger partial charge in [-0.15, -0.1) is 0 Å². The Morgan fingerprint density at radius 2 is 2.00 bits per heavy atom. The maximum absolute atomic E-state index is 12.2. The van der Waals surface area contributed by atoms with Crippen molar-refractivity contribution in [2.24, 2.45) is 4.99 Å². The number of H-pyrrole nitrogens is 1. The number of nitrogens with one attached hydrogen (secondary N) is 1. The van der Waals surface area contributed by atoms with E-state index < -0.39 is 0 Å². The van der Waals surface area contributed by atoms with Gasteiger partial charge in [0.05, 0.1) is 6.04 Å². The van der Waals surface area contributed by atoms with Gasteiger partial charge >= 0.3 is 0 Å². The third-order valence-corrected chi connectivity index (χ3v) is 5.49. The predicted molar refractivity (Wildman–Crippen MR) is 115 cm³/mol. The lowest BCUT2D eigenvalue weighted by molar-refractivity contribution is 0.206. The van der Waals surface area contributed by atoms with E-state index in [0.717, 1.165) is 45.3 Å². The van der Waals surface area contributed by atoms with Gasteiger partial charge in [-0.1, -0.05) is 43.7 Å². The maximum atomic E-state index is 12.2. The van der Waals surface area contributed by atoms with E-state index in [2.05, 4.69) is 46.1 Å². The van der Waals surface area contributed by atoms with Crippen molar-refractivity contribution in [3.05, 3.63) is 56.6 Å². The van der Waals surface area contributed by atoms with Gasteiger partial charge in [0.15, 0.2) is 4.77 Å². The Balaban J connectivity index is 1.63. The summed E-state index contributed by atoms with van der Waals surface area (Å²) in [7, 11) is 0. The molecule has 0 radical (unpaired) electrons. The van der Waals surface area contributed by atoms with Gasteiger partial charge in [0.1, 0.15) is 5.56 Å². The Morgan fingerprint density at radius 1 is 1.29 bits per heavy atom. The van der Waals surface area contributed by atoms with Crippen LogP contribution in [0.1, 0.15) is 43.7 Å². The molecule has 0 spiro atoms. The van der Waals surface area contributed by atoms with Gasteiger partial charge in [0, 0.05) is 32.4 Å². The van der Waals surface area contributed by atoms with Crippen LogP contribution in [-0.2, 0) is 13.1 Å². The molecule has 0 unspecified atom stereocenters. The van der Waals surface area contributed by atoms with Crippen LogP contribution in [0.4, 0.5) is 0 Å². The summed E-state index contributed by atoms with van der Waals surface area (Å²) >= 11 is 5.17. The number of aromatic nitrogens is 2. The zero-order valence-corrected chi connectivity index (χ0v) is 17.1. The number of aromatic amines is 1. The highest BCUT2D eigenvalue weighted by atomic mass is 32.1. The molecule has 1 saturated heterocycles. The normalized spacial score (nSPS) is 16.0. The summed E-state index contributed by atoms with van der Waals surface area (Å²) < 4.78 is 1.83. The Hall–Kier alpha value is -2.25. The number of likely N-dealkylation sites (tertiary alicyclic amines) is 1. The lowest BCUT2D eigenvalue weighted by Crippen LogP contribution is -2.34. The summed E-state index contributed by atoms with van der Waals surface area (Å²) in [6.07, 6.45) is 5.26. The SMILES string of the molecule is CCCCn1c(O)c(C=NC2CCN(Cc3ccccc3)CC2)c(=O)[nH]c1=S. The quantitative estimate of drug-likeness (QED) is 0.551. The average molecular weight is 401 g/mol. The number of hydrogen-bond donors (Lipinski definition) is 2. The summed E-state index contributed by atoms with van der Waals surface area (Å²) in [6, 6.07) is 10.6. The number of hydrogen-bond acceptors (Lipinski definition) is 5. The third kappa shape index (κ3) is 5.17. The molecule has 28 heavy (non-hydrogen) atoms. The Kier molecular flexibility index (Phi) is 7.17. The van der Waals surface area contributed by atoms with E-state index >= 15 is 0 Å². The molecule has 0 aliphatic carbocycles. The van der Waals surface area contributed by atoms with Crippen LogP contribution in [0.25, 0.3) is 0 Å². The predicted octanol–water partition coefficient (Wildman–Crippen LogP) is 3.50. The standard InChI is InChI=1S/C21H28N4O2S/c1-2-3-11-25-20(27)18(19(26)23-21(25)28)14-22-17-9-12-24(13-10-17)15-16-7-5-4-6-8-16/h4-8,14,17,27H,2-3,9-13,15H2,1H3,(H,23,26,28). The molecule has 3 rings (SSSR count). The van der Waals surface area contributed by atoms with E-state index in [1.54, 1.807) is 4.57 Å². The van der Waals surface area contributed by atoms with Gasteiger partial charge in [0.2, 0.25) is 5.88 Å². The van der Waals surface area contributed by atoms with Crippen LogP contribution in [0.2, 0.25) is 0 Å². The molecule has 2 N–H and O–H groups in total. The number of aliphatic imine (C=N–C) groups is 1. The van der Waals surface area contributed by atoms with E-state index in [1.807, 2.05) is 6.07 Å². The lowest BCUT2D eigenvalue weighted by atomic mass is 10.0. The lowest BCUT2D eigenvalue weighted by Gasteiger charge is -2.30. The molecule has 1 fully saturated rings. The number of nitrogens with zero attached hydrogens (tertiary/aromatic N) is 3. The van der Waals surface area contributed by atoms with Crippen molar-refractivity contribution < 1.29 is 5.11 Å². The molecule has 1 aliphatic heterocycles. The van der Waals surface area contributed by atoms with Gasteiger partial charge in [-0.05, 0) is 37.0 Å². The zero-order valence-electron chi connectivity index (χ0n) is 16.3. The van der Waals surface area contributed by atoms with Crippen molar-refractivity contribution in [1.82, 2.24) is 14.5 Å². The number of aromatic hydroxyl groups is 1. The highest BCUT2D eigenvalue weighted by Crippen LogP contribution is 2.17. The molecule has 1 aliphatic rings. The molecule has 6 nitrogen and oxygen atoms in total. The first-order chi connectivity index (χ1) is 13.6. The number of rotatable bonds is 7. The molecular weight excluding hydrogens is 372 g/mol. The van der Waals surface area contributed by atoms with E-state index in [-0.39, 0.29) is 27.8 Å². The summed E-state index contributed by atoms with van der Waals surface area (Å²) in [5.74, 6) is -0.0903. The smallest absolute Gasteiger partial charge is 0.264 e. The second kappa shape index (κ2) is 9.80. The Morgan fingerprint density at radius 3 is 2.68 bits per heavy atom. The molecule has 1 aromatic carbocycles. The Bertz CT molecular complexity index is 912. The van der Waals surface area contributed by atoms with Gasteiger partial charge in [-0.25, -0.2) is 0 Å². The second-order valence-corrected chi connectivity index (χ2v) is 7.66. The summed E-state index contributed by atoms with van der Waals surface area (Å²) in [5.41, 5.74) is 1.12. The minimum Gasteiger partial charge on any atom is -0.494 e. The van der Waals surface area contributed by atoms with Crippen LogP contribution in [0, 0.1) is 4.77 Å². The Labute approximate surface area is 170 Å². The summed E-state index contributed by atoms with van der Waals surface area (Å²) in [5, 5.41) is 10.5. The van der Waals surface area contributed by atoms with E-state index in [0.29, 0.717) is 6.54 Å². The molecule has 0 atom stereocenters. The molecule has 2 heterocycles. The molecule has 1 aromatic heterocycles. The van der Waals surface area contributed by atoms with Gasteiger partial charge in [-0.2, -0.15) is 0 Å². The fourth-order valence-corrected chi connectivity index (χ4v) is 3.73. The number of unbranched alkanes of at least 4 members (excludes halogenated alkanes) is 1. The van der Waals surface area contributed by atoms with Crippen molar-refractivity contribution in [1.29, 1.82) is 0 Å². The van der Waals surface area contributed by atoms with Gasteiger partial charge in [-0.3, -0.25) is 24.2 Å². The zero-order chi connectivity index (χ0) is 19.9. The summed E-state index contributed by atoms with van der Waals surface area (Å²) in [4.78, 5) is 21.9. The molecular formula is C21H28N4O2S. The van der Waals surface area contributed by atoms with Crippen molar-refractivity contribution in [2.45, 2.75) is 51.7 Å². The van der Waals surface area contributed by atoms with Gasteiger partial charge < -0.3 is 5.11 Å². The third-order valence-electron chi connectivity index (χ3n) is 5.16. The van der Waals surface area contributed by atoms with Crippen LogP contribution < -0.4 is 5.56 Å². The minimum absolute atomic E-state index is 0.0903. The molecule has 0 bridgehead atoms. The summed E-state index contributed by atoms with van der Waals surface area (Å²) in [6.45, 7) is 5.55. The first-order valence-electron chi connectivity index (χ1n) is 9.94. The van der Waals surface area contributed by atoms with E-state index in [1.165, 1.54) is 11.8 Å². The van der Waals surface area contributed by atoms with Crippen LogP contribution in [0.3, 0.4) is 0 Å². The van der Waals surface area contributed by atoms with E-state index in [9.17, 15) is 9.90 Å². The molecule has 0 amide bonds. The van der Waals surface area contributed by atoms with Crippen LogP contribution in [0.5, 0.6) is 5.88 Å². The first kappa shape index (κ1) is 20.5. The molecule has 7 heteroatoms. The van der Waals surface area contributed by atoms with Crippen molar-refractivity contribution in [3.8, 4) is 5.88 Å². The highest BCUT2D eigenvalue weighted by Gasteiger charge is 2.19. The number of piperidine rings is 1. The number of benzene rings is 1. The monoisotopic (exact) mass is 400 g/mol. The molecule has 2 aromatic rings.